The maximum absolute atomic E-state index is 5.41. The van der Waals surface area contributed by atoms with Crippen molar-refractivity contribution >= 4 is 23.0 Å². The van der Waals surface area contributed by atoms with Crippen LogP contribution in [0, 0.1) is 0 Å². The summed E-state index contributed by atoms with van der Waals surface area (Å²) in [5.41, 5.74) is 2.31. The normalized spacial score (nSPS) is 14.8. The summed E-state index contributed by atoms with van der Waals surface area (Å²) in [4.78, 5) is 6.56. The van der Waals surface area contributed by atoms with Crippen molar-refractivity contribution in [3.63, 3.8) is 0 Å². The monoisotopic (exact) mass is 235 g/mol. The Morgan fingerprint density at radius 2 is 2.38 bits per heavy atom. The van der Waals surface area contributed by atoms with E-state index in [1.165, 1.54) is 0 Å². The van der Waals surface area contributed by atoms with Crippen LogP contribution >= 0.6 is 12.2 Å². The van der Waals surface area contributed by atoms with Gasteiger partial charge in [-0.25, -0.2) is 0 Å². The van der Waals surface area contributed by atoms with Gasteiger partial charge in [0.25, 0.3) is 0 Å². The van der Waals surface area contributed by atoms with E-state index in [4.69, 9.17) is 12.2 Å². The summed E-state index contributed by atoms with van der Waals surface area (Å²) in [7, 11) is 0. The van der Waals surface area contributed by atoms with Crippen molar-refractivity contribution in [2.45, 2.75) is 32.7 Å². The van der Waals surface area contributed by atoms with Crippen molar-refractivity contribution in [2.75, 3.05) is 11.4 Å². The van der Waals surface area contributed by atoms with E-state index in [0.717, 1.165) is 35.9 Å². The Bertz CT molecular complexity index is 390. The van der Waals surface area contributed by atoms with Crippen LogP contribution in [0.2, 0.25) is 0 Å². The van der Waals surface area contributed by atoms with E-state index in [9.17, 15) is 0 Å². The Hall–Kier alpha value is -1.16. The average Bonchev–Trinajstić information content (AvgIpc) is 2.27. The van der Waals surface area contributed by atoms with Gasteiger partial charge in [0.05, 0.1) is 11.4 Å². The fourth-order valence-corrected chi connectivity index (χ4v) is 2.35. The number of pyridine rings is 1. The maximum Gasteiger partial charge on any atom is 0.173 e. The minimum atomic E-state index is 0.370. The molecule has 2 heterocycles. The zero-order chi connectivity index (χ0) is 11.5. The molecule has 1 aliphatic rings. The lowest BCUT2D eigenvalue weighted by Gasteiger charge is -2.31. The highest BCUT2D eigenvalue weighted by molar-refractivity contribution is 7.80. The second kappa shape index (κ2) is 4.78. The first-order chi connectivity index (χ1) is 7.68. The molecule has 1 N–H and O–H groups in total. The van der Waals surface area contributed by atoms with Crippen LogP contribution in [0.5, 0.6) is 0 Å². The molecule has 3 nitrogen and oxygen atoms in total. The van der Waals surface area contributed by atoms with Crippen molar-refractivity contribution in [3.8, 4) is 0 Å². The van der Waals surface area contributed by atoms with Crippen LogP contribution in [0.25, 0.3) is 0 Å². The molecule has 0 radical (unpaired) electrons. The van der Waals surface area contributed by atoms with Crippen molar-refractivity contribution in [1.82, 2.24) is 10.3 Å². The Kier molecular flexibility index (Phi) is 3.39. The third-order valence-corrected chi connectivity index (χ3v) is 2.95. The number of anilines is 1. The van der Waals surface area contributed by atoms with E-state index < -0.39 is 0 Å². The van der Waals surface area contributed by atoms with Crippen LogP contribution in [0.4, 0.5) is 5.69 Å². The highest BCUT2D eigenvalue weighted by Gasteiger charge is 2.20. The summed E-state index contributed by atoms with van der Waals surface area (Å²) in [6.07, 6.45) is 4.02. The molecule has 0 aliphatic carbocycles. The Balaban J connectivity index is 2.21. The van der Waals surface area contributed by atoms with Crippen LogP contribution in [-0.2, 0) is 6.42 Å². The summed E-state index contributed by atoms with van der Waals surface area (Å²) in [6.45, 7) is 5.18. The number of nitrogens with zero attached hydrogens (tertiary/aromatic N) is 2. The van der Waals surface area contributed by atoms with Crippen molar-refractivity contribution in [2.24, 2.45) is 0 Å². The zero-order valence-corrected chi connectivity index (χ0v) is 10.5. The molecule has 0 saturated carbocycles. The Morgan fingerprint density at radius 1 is 1.56 bits per heavy atom. The van der Waals surface area contributed by atoms with E-state index >= 15 is 0 Å². The SMILES string of the molecule is CC(C)NC(=S)N1CCCc2ncccc21. The van der Waals surface area contributed by atoms with E-state index in [0.29, 0.717) is 6.04 Å². The highest BCUT2D eigenvalue weighted by atomic mass is 32.1. The van der Waals surface area contributed by atoms with Crippen LogP contribution in [0.1, 0.15) is 26.0 Å². The molecule has 0 amide bonds. The first-order valence-electron chi connectivity index (χ1n) is 5.70. The molecular formula is C12H17N3S. The zero-order valence-electron chi connectivity index (χ0n) is 9.73. The first kappa shape index (κ1) is 11.3. The van der Waals surface area contributed by atoms with E-state index in [2.05, 4.69) is 35.1 Å². The summed E-state index contributed by atoms with van der Waals surface area (Å²) < 4.78 is 0. The molecule has 0 saturated heterocycles. The fraction of sp³-hybridized carbons (Fsp3) is 0.500. The summed E-state index contributed by atoms with van der Waals surface area (Å²) in [5, 5.41) is 4.09. The largest absolute Gasteiger partial charge is 0.360 e. The van der Waals surface area contributed by atoms with Gasteiger partial charge in [0.2, 0.25) is 0 Å². The molecule has 1 aromatic heterocycles. The van der Waals surface area contributed by atoms with Gasteiger partial charge in [-0.1, -0.05) is 0 Å². The lowest BCUT2D eigenvalue weighted by atomic mass is 10.1. The van der Waals surface area contributed by atoms with Crippen molar-refractivity contribution < 1.29 is 0 Å². The van der Waals surface area contributed by atoms with Gasteiger partial charge in [0.15, 0.2) is 5.11 Å². The van der Waals surface area contributed by atoms with Gasteiger partial charge in [-0.3, -0.25) is 4.98 Å². The van der Waals surface area contributed by atoms with E-state index in [-0.39, 0.29) is 0 Å². The molecule has 0 unspecified atom stereocenters. The standard InChI is InChI=1S/C12H17N3S/c1-9(2)14-12(16)15-8-4-5-10-11(15)6-3-7-13-10/h3,6-7,9H,4-5,8H2,1-2H3,(H,14,16). The van der Waals surface area contributed by atoms with Crippen molar-refractivity contribution in [3.05, 3.63) is 24.0 Å². The molecule has 0 bridgehead atoms. The van der Waals surface area contributed by atoms with Crippen LogP contribution in [-0.4, -0.2) is 22.7 Å². The third kappa shape index (κ3) is 2.32. The molecular weight excluding hydrogens is 218 g/mol. The number of thiocarbonyl (C=S) groups is 1. The number of hydrogen-bond donors (Lipinski definition) is 1. The van der Waals surface area contributed by atoms with Gasteiger partial charge in [-0.2, -0.15) is 0 Å². The lowest BCUT2D eigenvalue weighted by molar-refractivity contribution is 0.702. The fourth-order valence-electron chi connectivity index (χ4n) is 1.93. The molecule has 0 spiro atoms. The first-order valence-corrected chi connectivity index (χ1v) is 6.11. The average molecular weight is 235 g/mol. The summed E-state index contributed by atoms with van der Waals surface area (Å²) >= 11 is 5.41. The minimum Gasteiger partial charge on any atom is -0.360 e. The number of fused-ring (bicyclic) bond motifs is 1. The number of aryl methyl sites for hydroxylation is 1. The van der Waals surface area contributed by atoms with Crippen LogP contribution in [0.3, 0.4) is 0 Å². The number of nitrogens with one attached hydrogen (secondary N) is 1. The molecule has 1 aromatic rings. The predicted octanol–water partition coefficient (Wildman–Crippen LogP) is 2.12. The van der Waals surface area contributed by atoms with Gasteiger partial charge in [-0.15, -0.1) is 0 Å². The number of aromatic nitrogens is 1. The van der Waals surface area contributed by atoms with Crippen molar-refractivity contribution in [1.29, 1.82) is 0 Å². The van der Waals surface area contributed by atoms with Crippen LogP contribution in [0.15, 0.2) is 18.3 Å². The van der Waals surface area contributed by atoms with Gasteiger partial charge < -0.3 is 10.2 Å². The molecule has 16 heavy (non-hydrogen) atoms. The molecule has 1 aliphatic heterocycles. The number of hydrogen-bond acceptors (Lipinski definition) is 2. The second-order valence-corrected chi connectivity index (χ2v) is 4.72. The van der Waals surface area contributed by atoms with Crippen LogP contribution < -0.4 is 10.2 Å². The highest BCUT2D eigenvalue weighted by Crippen LogP contribution is 2.24. The third-order valence-electron chi connectivity index (χ3n) is 2.61. The van der Waals surface area contributed by atoms with Gasteiger partial charge in [0, 0.05) is 18.8 Å². The molecule has 0 aromatic carbocycles. The molecule has 0 fully saturated rings. The van der Waals surface area contributed by atoms with Gasteiger partial charge in [0.1, 0.15) is 0 Å². The number of rotatable bonds is 1. The predicted molar refractivity (Wildman–Crippen MR) is 70.8 cm³/mol. The molecule has 0 atom stereocenters. The second-order valence-electron chi connectivity index (χ2n) is 4.33. The maximum atomic E-state index is 5.41. The molecule has 86 valence electrons. The minimum absolute atomic E-state index is 0.370. The summed E-state index contributed by atoms with van der Waals surface area (Å²) in [6, 6.07) is 4.43. The topological polar surface area (TPSA) is 28.2 Å². The molecule has 2 rings (SSSR count). The molecule has 4 heteroatoms. The van der Waals surface area contributed by atoms with Gasteiger partial charge >= 0.3 is 0 Å². The van der Waals surface area contributed by atoms with Gasteiger partial charge in [-0.05, 0) is 51.0 Å². The quantitative estimate of drug-likeness (QED) is 0.755. The van der Waals surface area contributed by atoms with E-state index in [1.54, 1.807) is 0 Å². The smallest absolute Gasteiger partial charge is 0.173 e. The Labute approximate surface area is 102 Å². The summed E-state index contributed by atoms with van der Waals surface area (Å²) in [5.74, 6) is 0. The van der Waals surface area contributed by atoms with E-state index in [1.807, 2.05) is 12.3 Å². The Morgan fingerprint density at radius 3 is 3.12 bits per heavy atom. The lowest BCUT2D eigenvalue weighted by Crippen LogP contribution is -2.45.